The second kappa shape index (κ2) is 7.79. The Bertz CT molecular complexity index is 1430. The minimum Gasteiger partial charge on any atom is -0.454 e. The molecular weight excluding hydrogens is 463 g/mol. The summed E-state index contributed by atoms with van der Waals surface area (Å²) in [6, 6.07) is 19.6. The molecule has 6 rings (SSSR count). The summed E-state index contributed by atoms with van der Waals surface area (Å²) in [7, 11) is 0. The highest BCUT2D eigenvalue weighted by atomic mass is 19.4. The zero-order chi connectivity index (χ0) is 24.2. The molecule has 0 bridgehead atoms. The van der Waals surface area contributed by atoms with Crippen molar-refractivity contribution >= 4 is 5.91 Å². The number of nitrogens with one attached hydrogen (secondary N) is 1. The number of rotatable bonds is 4. The number of nitrogens with zero attached hydrogens (tertiary/aromatic N) is 2. The minimum absolute atomic E-state index is 0.127. The lowest BCUT2D eigenvalue weighted by atomic mass is 9.96. The van der Waals surface area contributed by atoms with E-state index in [1.807, 2.05) is 42.5 Å². The van der Waals surface area contributed by atoms with Gasteiger partial charge in [-0.25, -0.2) is 4.68 Å². The van der Waals surface area contributed by atoms with Gasteiger partial charge in [0.1, 0.15) is 5.75 Å². The molecular formula is C25H16F3N3O4. The Balaban J connectivity index is 1.49. The number of aromatic nitrogens is 2. The van der Waals surface area contributed by atoms with E-state index in [2.05, 4.69) is 15.2 Å². The average Bonchev–Trinajstić information content (AvgIpc) is 3.54. The molecule has 0 spiro atoms. The Morgan fingerprint density at radius 1 is 0.971 bits per heavy atom. The summed E-state index contributed by atoms with van der Waals surface area (Å²) in [5.41, 5.74) is 3.60. The fourth-order valence-electron chi connectivity index (χ4n) is 4.34. The van der Waals surface area contributed by atoms with Crippen molar-refractivity contribution in [3.05, 3.63) is 89.6 Å². The monoisotopic (exact) mass is 479 g/mol. The van der Waals surface area contributed by atoms with Gasteiger partial charge >= 0.3 is 6.36 Å². The molecule has 1 aromatic heterocycles. The standard InChI is InChI=1S/C25H16F3N3O4/c26-25(27,28)35-17-9-7-16(8-10-17)31-23(14-4-2-1-3-5-14)20-21(29-24(32)22(20)30-31)15-6-11-18-19(12-15)34-13-33-18/h1-12,21H,13H2,(H,29,32). The molecule has 2 aliphatic heterocycles. The Hall–Kier alpha value is -4.47. The second-order valence-electron chi connectivity index (χ2n) is 7.95. The van der Waals surface area contributed by atoms with E-state index in [1.165, 1.54) is 24.3 Å². The van der Waals surface area contributed by atoms with Gasteiger partial charge in [0.05, 0.1) is 17.4 Å². The number of fused-ring (bicyclic) bond motifs is 2. The molecule has 0 saturated carbocycles. The van der Waals surface area contributed by atoms with Crippen LogP contribution in [0.4, 0.5) is 13.2 Å². The lowest BCUT2D eigenvalue weighted by Crippen LogP contribution is -2.22. The number of amides is 1. The number of alkyl halides is 3. The van der Waals surface area contributed by atoms with Gasteiger partial charge in [0.15, 0.2) is 17.2 Å². The Morgan fingerprint density at radius 3 is 2.46 bits per heavy atom. The molecule has 10 heteroatoms. The van der Waals surface area contributed by atoms with Crippen LogP contribution in [0.15, 0.2) is 72.8 Å². The van der Waals surface area contributed by atoms with Crippen LogP contribution in [0.1, 0.15) is 27.7 Å². The first-order valence-corrected chi connectivity index (χ1v) is 10.6. The summed E-state index contributed by atoms with van der Waals surface area (Å²) in [5.74, 6) is 0.506. The maximum atomic E-state index is 12.9. The van der Waals surface area contributed by atoms with Crippen LogP contribution >= 0.6 is 0 Å². The Kier molecular flexibility index (Phi) is 4.70. The molecule has 1 atom stereocenters. The molecule has 0 aliphatic carbocycles. The minimum atomic E-state index is -4.79. The van der Waals surface area contributed by atoms with E-state index in [0.717, 1.165) is 11.1 Å². The van der Waals surface area contributed by atoms with Gasteiger partial charge in [0, 0.05) is 11.1 Å². The fourth-order valence-corrected chi connectivity index (χ4v) is 4.34. The molecule has 2 aliphatic rings. The number of ether oxygens (including phenoxy) is 3. The number of carbonyl (C=O) groups excluding carboxylic acids is 1. The lowest BCUT2D eigenvalue weighted by molar-refractivity contribution is -0.274. The molecule has 0 saturated heterocycles. The smallest absolute Gasteiger partial charge is 0.454 e. The van der Waals surface area contributed by atoms with Crippen molar-refractivity contribution in [1.29, 1.82) is 0 Å². The number of hydrogen-bond donors (Lipinski definition) is 1. The molecule has 176 valence electrons. The first-order chi connectivity index (χ1) is 16.9. The number of carbonyl (C=O) groups is 1. The molecule has 4 aromatic rings. The van der Waals surface area contributed by atoms with Crippen LogP contribution in [0, 0.1) is 0 Å². The Morgan fingerprint density at radius 2 is 1.71 bits per heavy atom. The van der Waals surface area contributed by atoms with Crippen molar-refractivity contribution in [3.63, 3.8) is 0 Å². The van der Waals surface area contributed by atoms with E-state index < -0.39 is 12.4 Å². The van der Waals surface area contributed by atoms with Crippen LogP contribution in [0.25, 0.3) is 16.9 Å². The topological polar surface area (TPSA) is 74.6 Å². The van der Waals surface area contributed by atoms with Gasteiger partial charge in [-0.1, -0.05) is 36.4 Å². The molecule has 3 aromatic carbocycles. The van der Waals surface area contributed by atoms with E-state index in [9.17, 15) is 18.0 Å². The highest BCUT2D eigenvalue weighted by Gasteiger charge is 2.38. The summed E-state index contributed by atoms with van der Waals surface area (Å²) in [6.45, 7) is 0.127. The number of benzene rings is 3. The van der Waals surface area contributed by atoms with Crippen LogP contribution < -0.4 is 19.5 Å². The highest BCUT2D eigenvalue weighted by molar-refractivity contribution is 6.00. The predicted octanol–water partition coefficient (Wildman–Crippen LogP) is 5.00. The van der Waals surface area contributed by atoms with Crippen molar-refractivity contribution in [2.75, 3.05) is 6.79 Å². The molecule has 7 nitrogen and oxygen atoms in total. The first kappa shape index (κ1) is 21.1. The van der Waals surface area contributed by atoms with Crippen LogP contribution in [-0.4, -0.2) is 28.8 Å². The maximum Gasteiger partial charge on any atom is 0.573 e. The van der Waals surface area contributed by atoms with Gasteiger partial charge in [-0.3, -0.25) is 4.79 Å². The van der Waals surface area contributed by atoms with Gasteiger partial charge < -0.3 is 19.5 Å². The summed E-state index contributed by atoms with van der Waals surface area (Å²) >= 11 is 0. The zero-order valence-corrected chi connectivity index (χ0v) is 17.9. The molecule has 1 unspecified atom stereocenters. The summed E-state index contributed by atoms with van der Waals surface area (Å²) in [6.07, 6.45) is -4.79. The van der Waals surface area contributed by atoms with Crippen LogP contribution in [0.5, 0.6) is 17.2 Å². The van der Waals surface area contributed by atoms with E-state index in [4.69, 9.17) is 9.47 Å². The van der Waals surface area contributed by atoms with Gasteiger partial charge in [0.25, 0.3) is 5.91 Å². The van der Waals surface area contributed by atoms with E-state index in [0.29, 0.717) is 28.4 Å². The SMILES string of the molecule is O=C1NC(c2ccc3c(c2)OCO3)c2c1nn(-c1ccc(OC(F)(F)F)cc1)c2-c1ccccc1. The molecule has 0 fully saturated rings. The molecule has 0 radical (unpaired) electrons. The van der Waals surface area contributed by atoms with E-state index in [-0.39, 0.29) is 24.1 Å². The second-order valence-corrected chi connectivity index (χ2v) is 7.95. The largest absolute Gasteiger partial charge is 0.573 e. The van der Waals surface area contributed by atoms with Crippen molar-refractivity contribution in [1.82, 2.24) is 15.1 Å². The summed E-state index contributed by atoms with van der Waals surface area (Å²) < 4.78 is 54.2. The van der Waals surface area contributed by atoms with Gasteiger partial charge in [-0.05, 0) is 42.0 Å². The third-order valence-electron chi connectivity index (χ3n) is 5.79. The predicted molar refractivity (Wildman–Crippen MR) is 118 cm³/mol. The Labute approximate surface area is 196 Å². The quantitative estimate of drug-likeness (QED) is 0.446. The van der Waals surface area contributed by atoms with Crippen molar-refractivity contribution in [2.24, 2.45) is 0 Å². The summed E-state index contributed by atoms with van der Waals surface area (Å²) in [5, 5.41) is 7.53. The fraction of sp³-hybridized carbons (Fsp3) is 0.120. The lowest BCUT2D eigenvalue weighted by Gasteiger charge is -2.17. The third kappa shape index (κ3) is 3.72. The van der Waals surface area contributed by atoms with Gasteiger partial charge in [0.2, 0.25) is 6.79 Å². The van der Waals surface area contributed by atoms with Crippen LogP contribution in [-0.2, 0) is 0 Å². The van der Waals surface area contributed by atoms with Crippen LogP contribution in [0.2, 0.25) is 0 Å². The van der Waals surface area contributed by atoms with Crippen LogP contribution in [0.3, 0.4) is 0 Å². The molecule has 35 heavy (non-hydrogen) atoms. The molecule has 1 amide bonds. The van der Waals surface area contributed by atoms with Crippen molar-refractivity contribution < 1.29 is 32.2 Å². The first-order valence-electron chi connectivity index (χ1n) is 10.6. The van der Waals surface area contributed by atoms with Crippen molar-refractivity contribution in [3.8, 4) is 34.2 Å². The van der Waals surface area contributed by atoms with E-state index >= 15 is 0 Å². The average molecular weight is 479 g/mol. The summed E-state index contributed by atoms with van der Waals surface area (Å²) in [4.78, 5) is 12.9. The van der Waals surface area contributed by atoms with E-state index in [1.54, 1.807) is 10.7 Å². The van der Waals surface area contributed by atoms with Crippen molar-refractivity contribution in [2.45, 2.75) is 12.4 Å². The normalized spacial score (nSPS) is 16.2. The molecule has 1 N–H and O–H groups in total. The maximum absolute atomic E-state index is 12.9. The third-order valence-corrected chi connectivity index (χ3v) is 5.79. The molecule has 3 heterocycles. The number of halogens is 3. The number of hydrogen-bond acceptors (Lipinski definition) is 5. The highest BCUT2D eigenvalue weighted by Crippen LogP contribution is 2.42. The van der Waals surface area contributed by atoms with Gasteiger partial charge in [-0.15, -0.1) is 13.2 Å². The van der Waals surface area contributed by atoms with Gasteiger partial charge in [-0.2, -0.15) is 5.10 Å². The zero-order valence-electron chi connectivity index (χ0n) is 17.9.